The molecule has 23 heavy (non-hydrogen) atoms. The van der Waals surface area contributed by atoms with E-state index in [0.29, 0.717) is 5.92 Å². The summed E-state index contributed by atoms with van der Waals surface area (Å²) in [6, 6.07) is 3.38. The van der Waals surface area contributed by atoms with E-state index in [4.69, 9.17) is 4.74 Å². The summed E-state index contributed by atoms with van der Waals surface area (Å²) in [4.78, 5) is 10.2. The fraction of sp³-hybridized carbons (Fsp3) is 0.600. The van der Waals surface area contributed by atoms with Gasteiger partial charge in [0.15, 0.2) is 0 Å². The smallest absolute Gasteiger partial charge is 0.273 e. The third kappa shape index (κ3) is 3.81. The van der Waals surface area contributed by atoms with Crippen molar-refractivity contribution in [1.29, 1.82) is 0 Å². The number of nitrogens with zero attached hydrogens (tertiary/aromatic N) is 1. The van der Waals surface area contributed by atoms with E-state index >= 15 is 0 Å². The number of non-ortho nitro benzene ring substituents is 1. The van der Waals surface area contributed by atoms with E-state index < -0.39 is 14.9 Å². The molecule has 0 aromatic heterocycles. The van der Waals surface area contributed by atoms with Crippen molar-refractivity contribution < 1.29 is 18.1 Å². The Morgan fingerprint density at radius 3 is 2.61 bits per heavy atom. The van der Waals surface area contributed by atoms with E-state index in [-0.39, 0.29) is 28.3 Å². The molecule has 1 aliphatic carbocycles. The highest BCUT2D eigenvalue weighted by Gasteiger charge is 2.32. The van der Waals surface area contributed by atoms with Crippen molar-refractivity contribution in [2.75, 3.05) is 7.11 Å². The van der Waals surface area contributed by atoms with Gasteiger partial charge in [-0.15, -0.1) is 0 Å². The molecule has 1 aromatic carbocycles. The molecule has 0 spiro atoms. The zero-order valence-electron chi connectivity index (χ0n) is 13.5. The standard InChI is InChI=1S/C15H22N2O5S/c1-10-5-4-6-13(11(10)2)16-23(20,21)15-8-7-12(17(18)19)9-14(15)22-3/h7-11,13,16H,4-6H2,1-3H3. The molecule has 1 fully saturated rings. The lowest BCUT2D eigenvalue weighted by Crippen LogP contribution is -2.43. The van der Waals surface area contributed by atoms with Crippen LogP contribution in [-0.2, 0) is 10.0 Å². The van der Waals surface area contributed by atoms with Crippen molar-refractivity contribution in [3.05, 3.63) is 28.3 Å². The van der Waals surface area contributed by atoms with Gasteiger partial charge in [-0.1, -0.05) is 26.7 Å². The highest BCUT2D eigenvalue weighted by molar-refractivity contribution is 7.89. The summed E-state index contributed by atoms with van der Waals surface area (Å²) in [5, 5.41) is 10.8. The maximum atomic E-state index is 12.7. The van der Waals surface area contributed by atoms with Crippen LogP contribution in [0.2, 0.25) is 0 Å². The van der Waals surface area contributed by atoms with Crippen LogP contribution >= 0.6 is 0 Å². The number of rotatable bonds is 5. The van der Waals surface area contributed by atoms with E-state index in [1.165, 1.54) is 19.2 Å². The molecule has 0 bridgehead atoms. The Labute approximate surface area is 136 Å². The molecule has 1 aliphatic rings. The molecule has 8 heteroatoms. The lowest BCUT2D eigenvalue weighted by Gasteiger charge is -2.34. The summed E-state index contributed by atoms with van der Waals surface area (Å²) < 4.78 is 33.1. The third-order valence-corrected chi connectivity index (χ3v) is 6.19. The van der Waals surface area contributed by atoms with Crippen LogP contribution in [0, 0.1) is 22.0 Å². The highest BCUT2D eigenvalue weighted by Crippen LogP contribution is 2.32. The minimum absolute atomic E-state index is 0.0248. The summed E-state index contributed by atoms with van der Waals surface area (Å²) in [7, 11) is -2.50. The molecule has 1 N–H and O–H groups in total. The molecule has 3 atom stereocenters. The molecule has 0 saturated heterocycles. The van der Waals surface area contributed by atoms with Gasteiger partial charge >= 0.3 is 0 Å². The van der Waals surface area contributed by atoms with Crippen LogP contribution in [0.5, 0.6) is 5.75 Å². The highest BCUT2D eigenvalue weighted by atomic mass is 32.2. The maximum absolute atomic E-state index is 12.7. The fourth-order valence-corrected chi connectivity index (χ4v) is 4.52. The summed E-state index contributed by atoms with van der Waals surface area (Å²) in [5.41, 5.74) is -0.208. The lowest BCUT2D eigenvalue weighted by atomic mass is 9.78. The normalized spacial score (nSPS) is 25.1. The van der Waals surface area contributed by atoms with Gasteiger partial charge in [0.2, 0.25) is 10.0 Å². The minimum atomic E-state index is -3.80. The third-order valence-electron chi connectivity index (χ3n) is 4.66. The van der Waals surface area contributed by atoms with E-state index in [1.54, 1.807) is 0 Å². The number of nitrogens with one attached hydrogen (secondary N) is 1. The van der Waals surface area contributed by atoms with Gasteiger partial charge < -0.3 is 4.74 Å². The Hall–Kier alpha value is -1.67. The zero-order chi connectivity index (χ0) is 17.2. The van der Waals surface area contributed by atoms with Crippen molar-refractivity contribution >= 4 is 15.7 Å². The number of sulfonamides is 1. The van der Waals surface area contributed by atoms with Crippen LogP contribution < -0.4 is 9.46 Å². The van der Waals surface area contributed by atoms with E-state index in [0.717, 1.165) is 25.3 Å². The van der Waals surface area contributed by atoms with Crippen molar-refractivity contribution in [2.45, 2.75) is 44.0 Å². The number of nitro benzene ring substituents is 1. The molecule has 1 saturated carbocycles. The Morgan fingerprint density at radius 1 is 1.30 bits per heavy atom. The second-order valence-corrected chi connectivity index (χ2v) is 7.77. The van der Waals surface area contributed by atoms with Gasteiger partial charge in [0, 0.05) is 12.1 Å². The molecule has 0 aliphatic heterocycles. The van der Waals surface area contributed by atoms with Crippen molar-refractivity contribution in [3.63, 3.8) is 0 Å². The molecule has 0 radical (unpaired) electrons. The Morgan fingerprint density at radius 2 is 2.00 bits per heavy atom. The average Bonchev–Trinajstić information content (AvgIpc) is 2.51. The number of nitro groups is 1. The van der Waals surface area contributed by atoms with Crippen LogP contribution in [0.25, 0.3) is 0 Å². The topological polar surface area (TPSA) is 98.5 Å². The number of benzene rings is 1. The predicted molar refractivity (Wildman–Crippen MR) is 85.9 cm³/mol. The number of ether oxygens (including phenoxy) is 1. The molecule has 0 heterocycles. The second kappa shape index (κ2) is 6.84. The van der Waals surface area contributed by atoms with Crippen LogP contribution in [-0.4, -0.2) is 26.5 Å². The van der Waals surface area contributed by atoms with E-state index in [2.05, 4.69) is 11.6 Å². The Bertz CT molecular complexity index is 689. The SMILES string of the molecule is COc1cc([N+](=O)[O-])ccc1S(=O)(=O)NC1CCCC(C)C1C. The molecule has 3 unspecified atom stereocenters. The maximum Gasteiger partial charge on any atom is 0.273 e. The Kier molecular flexibility index (Phi) is 5.26. The largest absolute Gasteiger partial charge is 0.495 e. The van der Waals surface area contributed by atoms with Gasteiger partial charge in [0.05, 0.1) is 18.1 Å². The molecular formula is C15H22N2O5S. The second-order valence-electron chi connectivity index (χ2n) is 6.09. The molecule has 0 amide bonds. The first kappa shape index (κ1) is 17.7. The quantitative estimate of drug-likeness (QED) is 0.655. The van der Waals surface area contributed by atoms with Gasteiger partial charge in [-0.05, 0) is 24.3 Å². The number of hydrogen-bond donors (Lipinski definition) is 1. The van der Waals surface area contributed by atoms with Crippen molar-refractivity contribution in [1.82, 2.24) is 4.72 Å². The van der Waals surface area contributed by atoms with Gasteiger partial charge in [-0.25, -0.2) is 13.1 Å². The van der Waals surface area contributed by atoms with Gasteiger partial charge in [-0.2, -0.15) is 0 Å². The van der Waals surface area contributed by atoms with Crippen LogP contribution in [0.3, 0.4) is 0 Å². The monoisotopic (exact) mass is 342 g/mol. The van der Waals surface area contributed by atoms with Gasteiger partial charge in [0.25, 0.3) is 5.69 Å². The average molecular weight is 342 g/mol. The van der Waals surface area contributed by atoms with Crippen LogP contribution in [0.4, 0.5) is 5.69 Å². The molecule has 7 nitrogen and oxygen atoms in total. The first-order valence-corrected chi connectivity index (χ1v) is 9.09. The summed E-state index contributed by atoms with van der Waals surface area (Å²) >= 11 is 0. The minimum Gasteiger partial charge on any atom is -0.495 e. The van der Waals surface area contributed by atoms with Gasteiger partial charge in [-0.3, -0.25) is 10.1 Å². The lowest BCUT2D eigenvalue weighted by molar-refractivity contribution is -0.385. The summed E-state index contributed by atoms with van der Waals surface area (Å²) in [6.07, 6.45) is 2.87. The first-order valence-electron chi connectivity index (χ1n) is 7.61. The number of hydrogen-bond acceptors (Lipinski definition) is 5. The molecule has 128 valence electrons. The van der Waals surface area contributed by atoms with Crippen molar-refractivity contribution in [2.24, 2.45) is 11.8 Å². The summed E-state index contributed by atoms with van der Waals surface area (Å²) in [5.74, 6) is 0.668. The predicted octanol–water partition coefficient (Wildman–Crippen LogP) is 2.71. The molecule has 1 aromatic rings. The van der Waals surface area contributed by atoms with Crippen molar-refractivity contribution in [3.8, 4) is 5.75 Å². The molecule has 2 rings (SSSR count). The summed E-state index contributed by atoms with van der Waals surface area (Å²) in [6.45, 7) is 4.17. The van der Waals surface area contributed by atoms with Crippen LogP contribution in [0.1, 0.15) is 33.1 Å². The fourth-order valence-electron chi connectivity index (χ4n) is 3.00. The van der Waals surface area contributed by atoms with Crippen LogP contribution in [0.15, 0.2) is 23.1 Å². The zero-order valence-corrected chi connectivity index (χ0v) is 14.3. The Balaban J connectivity index is 2.30. The van der Waals surface area contributed by atoms with E-state index in [1.807, 2.05) is 6.92 Å². The van der Waals surface area contributed by atoms with Gasteiger partial charge in [0.1, 0.15) is 10.6 Å². The van der Waals surface area contributed by atoms with E-state index in [9.17, 15) is 18.5 Å². The number of methoxy groups -OCH3 is 1. The molecular weight excluding hydrogens is 320 g/mol. The first-order chi connectivity index (χ1) is 10.8.